The molecule has 5 heteroatoms. The third kappa shape index (κ3) is 4.66. The summed E-state index contributed by atoms with van der Waals surface area (Å²) in [6.45, 7) is 7.47. The van der Waals surface area contributed by atoms with Crippen LogP contribution in [0, 0.1) is 6.92 Å². The van der Waals surface area contributed by atoms with E-state index in [0.29, 0.717) is 11.7 Å². The van der Waals surface area contributed by atoms with Gasteiger partial charge in [0, 0.05) is 19.5 Å². The Kier molecular flexibility index (Phi) is 5.12. The third-order valence-electron chi connectivity index (χ3n) is 2.68. The van der Waals surface area contributed by atoms with Gasteiger partial charge in [-0.1, -0.05) is 17.3 Å². The van der Waals surface area contributed by atoms with E-state index in [1.54, 1.807) is 0 Å². The van der Waals surface area contributed by atoms with Gasteiger partial charge in [0.25, 0.3) is 0 Å². The van der Waals surface area contributed by atoms with E-state index < -0.39 is 0 Å². The van der Waals surface area contributed by atoms with Gasteiger partial charge in [0.05, 0.1) is 6.10 Å². The summed E-state index contributed by atoms with van der Waals surface area (Å²) in [5, 5.41) is 7.12. The second kappa shape index (κ2) is 7.05. The molecule has 0 aliphatic rings. The summed E-state index contributed by atoms with van der Waals surface area (Å²) < 4.78 is 10.7. The van der Waals surface area contributed by atoms with Gasteiger partial charge in [-0.05, 0) is 38.5 Å². The van der Waals surface area contributed by atoms with Gasteiger partial charge in [0.1, 0.15) is 5.75 Å². The highest BCUT2D eigenvalue weighted by Gasteiger charge is 2.02. The zero-order chi connectivity index (χ0) is 14.4. The average Bonchev–Trinajstić information content (AvgIpc) is 2.80. The van der Waals surface area contributed by atoms with E-state index in [9.17, 15) is 0 Å². The van der Waals surface area contributed by atoms with Crippen molar-refractivity contribution < 1.29 is 9.26 Å². The van der Waals surface area contributed by atoms with Crippen molar-refractivity contribution in [2.45, 2.75) is 39.8 Å². The predicted molar refractivity (Wildman–Crippen MR) is 76.7 cm³/mol. The molecule has 1 heterocycles. The number of rotatable bonds is 7. The molecule has 2 rings (SSSR count). The number of hydrogen-bond acceptors (Lipinski definition) is 5. The normalized spacial score (nSPS) is 11.0. The van der Waals surface area contributed by atoms with E-state index in [1.807, 2.05) is 32.9 Å². The van der Waals surface area contributed by atoms with Crippen LogP contribution in [0.3, 0.4) is 0 Å². The molecule has 0 amide bonds. The molecule has 2 aromatic rings. The molecule has 0 spiro atoms. The number of benzene rings is 1. The topological polar surface area (TPSA) is 60.2 Å². The van der Waals surface area contributed by atoms with Crippen LogP contribution < -0.4 is 10.1 Å². The summed E-state index contributed by atoms with van der Waals surface area (Å²) >= 11 is 0. The molecule has 0 aliphatic carbocycles. The first kappa shape index (κ1) is 14.5. The summed E-state index contributed by atoms with van der Waals surface area (Å²) in [4.78, 5) is 4.16. The zero-order valence-corrected chi connectivity index (χ0v) is 12.2. The smallest absolute Gasteiger partial charge is 0.227 e. The summed E-state index contributed by atoms with van der Waals surface area (Å²) in [6.07, 6.45) is 0.933. The lowest BCUT2D eigenvalue weighted by atomic mass is 10.2. The molecule has 0 radical (unpaired) electrons. The minimum absolute atomic E-state index is 0.193. The number of ether oxygens (including phenoxy) is 1. The van der Waals surface area contributed by atoms with E-state index in [2.05, 4.69) is 27.6 Å². The van der Waals surface area contributed by atoms with E-state index in [4.69, 9.17) is 9.26 Å². The van der Waals surface area contributed by atoms with Gasteiger partial charge in [0.2, 0.25) is 5.89 Å². The average molecular weight is 275 g/mol. The number of aryl methyl sites for hydroxylation is 1. The van der Waals surface area contributed by atoms with Crippen molar-refractivity contribution in [3.63, 3.8) is 0 Å². The Labute approximate surface area is 119 Å². The Morgan fingerprint density at radius 1 is 1.35 bits per heavy atom. The first-order valence-electron chi connectivity index (χ1n) is 6.89. The first-order valence-corrected chi connectivity index (χ1v) is 6.89. The van der Waals surface area contributed by atoms with Gasteiger partial charge >= 0.3 is 0 Å². The molecule has 1 aromatic heterocycles. The van der Waals surface area contributed by atoms with E-state index >= 15 is 0 Å². The van der Waals surface area contributed by atoms with E-state index in [0.717, 1.165) is 25.3 Å². The molecule has 0 unspecified atom stereocenters. The van der Waals surface area contributed by atoms with Crippen molar-refractivity contribution >= 4 is 0 Å². The van der Waals surface area contributed by atoms with Crippen LogP contribution in [-0.4, -0.2) is 22.8 Å². The van der Waals surface area contributed by atoms with Crippen molar-refractivity contribution in [2.75, 3.05) is 6.54 Å². The van der Waals surface area contributed by atoms with Crippen LogP contribution in [0.25, 0.3) is 0 Å². The highest BCUT2D eigenvalue weighted by molar-refractivity contribution is 5.28. The SMILES string of the molecule is Cc1noc(CCNCc2cccc(OC(C)C)c2)n1. The molecule has 0 saturated heterocycles. The minimum Gasteiger partial charge on any atom is -0.491 e. The maximum Gasteiger partial charge on any atom is 0.227 e. The molecule has 0 saturated carbocycles. The first-order chi connectivity index (χ1) is 9.63. The van der Waals surface area contributed by atoms with Crippen molar-refractivity contribution in [3.8, 4) is 5.75 Å². The van der Waals surface area contributed by atoms with Gasteiger partial charge < -0.3 is 14.6 Å². The van der Waals surface area contributed by atoms with Crippen LogP contribution in [-0.2, 0) is 13.0 Å². The second-order valence-corrected chi connectivity index (χ2v) is 4.98. The van der Waals surface area contributed by atoms with Gasteiger partial charge in [-0.25, -0.2) is 0 Å². The van der Waals surface area contributed by atoms with Crippen LogP contribution in [0.2, 0.25) is 0 Å². The largest absolute Gasteiger partial charge is 0.491 e. The standard InChI is InChI=1S/C15H21N3O2/c1-11(2)19-14-6-4-5-13(9-14)10-16-8-7-15-17-12(3)18-20-15/h4-6,9,11,16H,7-8,10H2,1-3H3. The second-order valence-electron chi connectivity index (χ2n) is 4.98. The van der Waals surface area contributed by atoms with Gasteiger partial charge in [0.15, 0.2) is 5.82 Å². The Bertz CT molecular complexity index is 537. The Hall–Kier alpha value is -1.88. The van der Waals surface area contributed by atoms with E-state index in [1.165, 1.54) is 5.56 Å². The molecule has 0 fully saturated rings. The molecule has 1 N–H and O–H groups in total. The fraction of sp³-hybridized carbons (Fsp3) is 0.467. The maximum atomic E-state index is 5.67. The van der Waals surface area contributed by atoms with E-state index in [-0.39, 0.29) is 6.10 Å². The van der Waals surface area contributed by atoms with Gasteiger partial charge in [-0.15, -0.1) is 0 Å². The molecule has 108 valence electrons. The molecule has 0 aliphatic heterocycles. The van der Waals surface area contributed by atoms with Crippen molar-refractivity contribution in [1.29, 1.82) is 0 Å². The van der Waals surface area contributed by atoms with Crippen LogP contribution in [0.1, 0.15) is 31.1 Å². The Balaban J connectivity index is 1.76. The molecule has 0 atom stereocenters. The number of nitrogens with zero attached hydrogens (tertiary/aromatic N) is 2. The Morgan fingerprint density at radius 2 is 2.20 bits per heavy atom. The number of hydrogen-bond donors (Lipinski definition) is 1. The van der Waals surface area contributed by atoms with Gasteiger partial charge in [-0.2, -0.15) is 4.98 Å². The third-order valence-corrected chi connectivity index (χ3v) is 2.68. The fourth-order valence-electron chi connectivity index (χ4n) is 1.87. The predicted octanol–water partition coefficient (Wildman–Crippen LogP) is 2.50. The monoisotopic (exact) mass is 275 g/mol. The highest BCUT2D eigenvalue weighted by atomic mass is 16.5. The zero-order valence-electron chi connectivity index (χ0n) is 12.2. The highest BCUT2D eigenvalue weighted by Crippen LogP contribution is 2.14. The molecular formula is C15H21N3O2. The lowest BCUT2D eigenvalue weighted by molar-refractivity contribution is 0.242. The van der Waals surface area contributed by atoms with Crippen LogP contribution in [0.4, 0.5) is 0 Å². The molecular weight excluding hydrogens is 254 g/mol. The minimum atomic E-state index is 0.193. The summed E-state index contributed by atoms with van der Waals surface area (Å²) in [7, 11) is 0. The fourth-order valence-corrected chi connectivity index (χ4v) is 1.87. The Morgan fingerprint density at radius 3 is 2.90 bits per heavy atom. The molecule has 20 heavy (non-hydrogen) atoms. The summed E-state index contributed by atoms with van der Waals surface area (Å²) in [6, 6.07) is 8.13. The molecule has 1 aromatic carbocycles. The lowest BCUT2D eigenvalue weighted by Gasteiger charge is -2.11. The van der Waals surface area contributed by atoms with Crippen molar-refractivity contribution in [1.82, 2.24) is 15.5 Å². The van der Waals surface area contributed by atoms with Crippen LogP contribution in [0.15, 0.2) is 28.8 Å². The van der Waals surface area contributed by atoms with Crippen LogP contribution >= 0.6 is 0 Å². The van der Waals surface area contributed by atoms with Crippen LogP contribution in [0.5, 0.6) is 5.75 Å². The van der Waals surface area contributed by atoms with Crippen molar-refractivity contribution in [3.05, 3.63) is 41.5 Å². The molecule has 0 bridgehead atoms. The quantitative estimate of drug-likeness (QED) is 0.787. The number of nitrogens with one attached hydrogen (secondary N) is 1. The lowest BCUT2D eigenvalue weighted by Crippen LogP contribution is -2.17. The summed E-state index contributed by atoms with van der Waals surface area (Å²) in [5.41, 5.74) is 1.20. The van der Waals surface area contributed by atoms with Crippen molar-refractivity contribution in [2.24, 2.45) is 0 Å². The summed E-state index contributed by atoms with van der Waals surface area (Å²) in [5.74, 6) is 2.26. The van der Waals surface area contributed by atoms with Gasteiger partial charge in [-0.3, -0.25) is 0 Å². The number of aromatic nitrogens is 2. The molecule has 5 nitrogen and oxygen atoms in total. The maximum absolute atomic E-state index is 5.67.